The number of rotatable bonds is 4. The Labute approximate surface area is 118 Å². The second-order valence-corrected chi connectivity index (χ2v) is 4.36. The van der Waals surface area contributed by atoms with Crippen LogP contribution >= 0.6 is 11.6 Å². The lowest BCUT2D eigenvalue weighted by molar-refractivity contribution is 0.371. The van der Waals surface area contributed by atoms with Crippen LogP contribution in [0.2, 0.25) is 5.02 Å². The van der Waals surface area contributed by atoms with E-state index in [-0.39, 0.29) is 0 Å². The molecule has 1 heterocycles. The monoisotopic (exact) mass is 271 g/mol. The van der Waals surface area contributed by atoms with Crippen LogP contribution < -0.4 is 0 Å². The summed E-state index contributed by atoms with van der Waals surface area (Å²) in [7, 11) is 1.58. The fourth-order valence-corrected chi connectivity index (χ4v) is 2.01. The molecule has 0 unspecified atom stereocenters. The lowest BCUT2D eigenvalue weighted by Crippen LogP contribution is -1.97. The SMILES string of the molecule is C=Cc1nc(-c2ccccc2)c(C(=C)OC)cc1Cl. The molecule has 96 valence electrons. The van der Waals surface area contributed by atoms with Crippen LogP contribution in [-0.4, -0.2) is 12.1 Å². The third-order valence-corrected chi connectivity index (χ3v) is 3.09. The van der Waals surface area contributed by atoms with Crippen molar-refractivity contribution >= 4 is 23.4 Å². The van der Waals surface area contributed by atoms with Gasteiger partial charge in [-0.1, -0.05) is 55.1 Å². The Kier molecular flexibility index (Phi) is 4.03. The second-order valence-electron chi connectivity index (χ2n) is 3.95. The van der Waals surface area contributed by atoms with Crippen molar-refractivity contribution in [3.63, 3.8) is 0 Å². The molecule has 1 aromatic carbocycles. The zero-order valence-electron chi connectivity index (χ0n) is 10.7. The van der Waals surface area contributed by atoms with Crippen molar-refractivity contribution in [2.75, 3.05) is 7.11 Å². The Bertz CT molecular complexity index is 620. The number of hydrogen-bond donors (Lipinski definition) is 0. The molecule has 0 aliphatic carbocycles. The largest absolute Gasteiger partial charge is 0.497 e. The predicted molar refractivity (Wildman–Crippen MR) is 80.8 cm³/mol. The van der Waals surface area contributed by atoms with E-state index in [1.807, 2.05) is 30.3 Å². The Morgan fingerprint density at radius 2 is 2.00 bits per heavy atom. The van der Waals surface area contributed by atoms with Crippen molar-refractivity contribution in [1.29, 1.82) is 0 Å². The van der Waals surface area contributed by atoms with Gasteiger partial charge in [0.15, 0.2) is 0 Å². The number of pyridine rings is 1. The van der Waals surface area contributed by atoms with Gasteiger partial charge in [0, 0.05) is 11.1 Å². The van der Waals surface area contributed by atoms with Gasteiger partial charge in [-0.3, -0.25) is 0 Å². The number of aromatic nitrogens is 1. The molecule has 1 aromatic heterocycles. The van der Waals surface area contributed by atoms with Crippen molar-refractivity contribution in [3.8, 4) is 11.3 Å². The number of hydrogen-bond acceptors (Lipinski definition) is 2. The maximum Gasteiger partial charge on any atom is 0.121 e. The van der Waals surface area contributed by atoms with Gasteiger partial charge < -0.3 is 4.74 Å². The first-order valence-electron chi connectivity index (χ1n) is 5.79. The van der Waals surface area contributed by atoms with E-state index in [9.17, 15) is 0 Å². The van der Waals surface area contributed by atoms with Crippen LogP contribution in [-0.2, 0) is 4.74 Å². The van der Waals surface area contributed by atoms with E-state index in [1.54, 1.807) is 19.3 Å². The minimum absolute atomic E-state index is 0.530. The van der Waals surface area contributed by atoms with Gasteiger partial charge in [0.2, 0.25) is 0 Å². The third-order valence-electron chi connectivity index (χ3n) is 2.79. The minimum Gasteiger partial charge on any atom is -0.497 e. The summed E-state index contributed by atoms with van der Waals surface area (Å²) in [4.78, 5) is 4.54. The second kappa shape index (κ2) is 5.72. The van der Waals surface area contributed by atoms with Gasteiger partial charge in [0.25, 0.3) is 0 Å². The molecule has 0 aliphatic heterocycles. The highest BCUT2D eigenvalue weighted by molar-refractivity contribution is 6.32. The highest BCUT2D eigenvalue weighted by Gasteiger charge is 2.13. The lowest BCUT2D eigenvalue weighted by Gasteiger charge is -2.12. The number of methoxy groups -OCH3 is 1. The van der Waals surface area contributed by atoms with Crippen LogP contribution in [0.25, 0.3) is 23.1 Å². The van der Waals surface area contributed by atoms with Crippen LogP contribution in [0.4, 0.5) is 0 Å². The number of ether oxygens (including phenoxy) is 1. The molecule has 0 saturated heterocycles. The summed E-state index contributed by atoms with van der Waals surface area (Å²) < 4.78 is 5.21. The normalized spacial score (nSPS) is 10.0. The molecule has 0 saturated carbocycles. The number of halogens is 1. The van der Waals surface area contributed by atoms with E-state index in [1.165, 1.54) is 0 Å². The minimum atomic E-state index is 0.530. The molecule has 0 N–H and O–H groups in total. The summed E-state index contributed by atoms with van der Waals surface area (Å²) in [5, 5.41) is 0.530. The Morgan fingerprint density at radius 3 is 2.58 bits per heavy atom. The summed E-state index contributed by atoms with van der Waals surface area (Å²) in [6.07, 6.45) is 1.63. The summed E-state index contributed by atoms with van der Waals surface area (Å²) in [5.74, 6) is 0.531. The van der Waals surface area contributed by atoms with Crippen molar-refractivity contribution in [3.05, 3.63) is 65.8 Å². The lowest BCUT2D eigenvalue weighted by atomic mass is 10.0. The average molecular weight is 272 g/mol. The quantitative estimate of drug-likeness (QED) is 0.755. The van der Waals surface area contributed by atoms with Gasteiger partial charge in [-0.05, 0) is 12.1 Å². The maximum absolute atomic E-state index is 6.16. The summed E-state index contributed by atoms with van der Waals surface area (Å²) in [6.45, 7) is 7.60. The van der Waals surface area contributed by atoms with E-state index in [0.717, 1.165) is 16.8 Å². The van der Waals surface area contributed by atoms with E-state index in [2.05, 4.69) is 18.1 Å². The van der Waals surface area contributed by atoms with E-state index in [0.29, 0.717) is 16.5 Å². The molecule has 0 aliphatic rings. The van der Waals surface area contributed by atoms with Gasteiger partial charge >= 0.3 is 0 Å². The molecule has 0 radical (unpaired) electrons. The van der Waals surface area contributed by atoms with Crippen LogP contribution in [0, 0.1) is 0 Å². The molecular weight excluding hydrogens is 258 g/mol. The summed E-state index contributed by atoms with van der Waals surface area (Å²) in [5.41, 5.74) is 3.19. The van der Waals surface area contributed by atoms with Gasteiger partial charge in [-0.2, -0.15) is 0 Å². The smallest absolute Gasteiger partial charge is 0.121 e. The fraction of sp³-hybridized carbons (Fsp3) is 0.0625. The fourth-order valence-electron chi connectivity index (χ4n) is 1.78. The van der Waals surface area contributed by atoms with Crippen molar-refractivity contribution < 1.29 is 4.74 Å². The molecule has 0 atom stereocenters. The number of nitrogens with zero attached hydrogens (tertiary/aromatic N) is 1. The first kappa shape index (κ1) is 13.4. The summed E-state index contributed by atoms with van der Waals surface area (Å²) >= 11 is 6.16. The number of benzene rings is 1. The van der Waals surface area contributed by atoms with E-state index in [4.69, 9.17) is 16.3 Å². The predicted octanol–water partition coefficient (Wildman–Crippen LogP) is 4.66. The first-order chi connectivity index (χ1) is 9.17. The molecule has 0 amide bonds. The Hall–Kier alpha value is -2.06. The topological polar surface area (TPSA) is 22.1 Å². The molecule has 0 spiro atoms. The van der Waals surface area contributed by atoms with E-state index < -0.39 is 0 Å². The molecule has 0 fully saturated rings. The molecule has 2 aromatic rings. The maximum atomic E-state index is 6.16. The zero-order valence-corrected chi connectivity index (χ0v) is 11.4. The Balaban J connectivity index is 2.69. The van der Waals surface area contributed by atoms with Gasteiger partial charge in [-0.25, -0.2) is 4.98 Å². The molecule has 19 heavy (non-hydrogen) atoms. The van der Waals surface area contributed by atoms with Crippen LogP contribution in [0.3, 0.4) is 0 Å². The molecule has 0 bridgehead atoms. The third kappa shape index (κ3) is 2.69. The van der Waals surface area contributed by atoms with Crippen molar-refractivity contribution in [1.82, 2.24) is 4.98 Å². The van der Waals surface area contributed by atoms with E-state index >= 15 is 0 Å². The van der Waals surface area contributed by atoms with Crippen molar-refractivity contribution in [2.45, 2.75) is 0 Å². The van der Waals surface area contributed by atoms with Crippen LogP contribution in [0.5, 0.6) is 0 Å². The van der Waals surface area contributed by atoms with Gasteiger partial charge in [0.05, 0.1) is 23.5 Å². The Morgan fingerprint density at radius 1 is 1.32 bits per heavy atom. The van der Waals surface area contributed by atoms with Gasteiger partial charge in [0.1, 0.15) is 5.76 Å². The average Bonchev–Trinajstić information content (AvgIpc) is 2.47. The first-order valence-corrected chi connectivity index (χ1v) is 6.17. The summed E-state index contributed by atoms with van der Waals surface area (Å²) in [6, 6.07) is 11.6. The molecule has 3 heteroatoms. The highest BCUT2D eigenvalue weighted by atomic mass is 35.5. The standard InChI is InChI=1S/C16H14ClNO/c1-4-15-14(17)10-13(11(2)19-3)16(18-15)12-8-6-5-7-9-12/h4-10H,1-2H2,3H3. The van der Waals surface area contributed by atoms with Gasteiger partial charge in [-0.15, -0.1) is 0 Å². The molecular formula is C16H14ClNO. The van der Waals surface area contributed by atoms with Crippen LogP contribution in [0.15, 0.2) is 49.6 Å². The van der Waals surface area contributed by atoms with Crippen LogP contribution in [0.1, 0.15) is 11.3 Å². The molecule has 2 rings (SSSR count). The highest BCUT2D eigenvalue weighted by Crippen LogP contribution is 2.31. The molecule has 2 nitrogen and oxygen atoms in total. The zero-order chi connectivity index (χ0) is 13.8. The van der Waals surface area contributed by atoms with Crippen molar-refractivity contribution in [2.24, 2.45) is 0 Å².